The zero-order valence-electron chi connectivity index (χ0n) is 22.0. The van der Waals surface area contributed by atoms with E-state index >= 15 is 0 Å². The lowest BCUT2D eigenvalue weighted by molar-refractivity contribution is -0.150. The second-order valence-corrected chi connectivity index (χ2v) is 14.1. The van der Waals surface area contributed by atoms with E-state index in [1.54, 1.807) is 6.92 Å². The van der Waals surface area contributed by atoms with Crippen molar-refractivity contribution in [1.82, 2.24) is 24.6 Å². The van der Waals surface area contributed by atoms with Crippen molar-refractivity contribution in [2.24, 2.45) is 0 Å². The molecule has 216 valence electrons. The van der Waals surface area contributed by atoms with Crippen LogP contribution in [0.2, 0.25) is 0 Å². The van der Waals surface area contributed by atoms with E-state index in [1.807, 2.05) is 30.3 Å². The van der Waals surface area contributed by atoms with Crippen LogP contribution in [-0.4, -0.2) is 79.0 Å². The number of methoxy groups -OCH3 is 1. The van der Waals surface area contributed by atoms with Gasteiger partial charge >= 0.3 is 12.7 Å². The van der Waals surface area contributed by atoms with Crippen LogP contribution in [0, 0.1) is 0 Å². The first-order valence-corrected chi connectivity index (χ1v) is 15.8. The van der Waals surface area contributed by atoms with E-state index in [2.05, 4.69) is 20.0 Å². The van der Waals surface area contributed by atoms with Gasteiger partial charge in [0, 0.05) is 5.75 Å². The molecule has 0 spiro atoms. The van der Waals surface area contributed by atoms with E-state index in [0.717, 1.165) is 16.9 Å². The van der Waals surface area contributed by atoms with Crippen LogP contribution in [0.1, 0.15) is 38.2 Å². The average Bonchev–Trinajstić information content (AvgIpc) is 3.45. The van der Waals surface area contributed by atoms with Crippen molar-refractivity contribution in [3.63, 3.8) is 0 Å². The number of anilines is 1. The molecule has 2 saturated heterocycles. The van der Waals surface area contributed by atoms with Crippen LogP contribution in [0.25, 0.3) is 11.2 Å². The third-order valence-electron chi connectivity index (χ3n) is 6.84. The average molecular weight is 595 g/mol. The number of hydrogen-bond acceptors (Lipinski definition) is 13. The Hall–Kier alpha value is -2.78. The van der Waals surface area contributed by atoms with Crippen LogP contribution in [0.4, 0.5) is 5.95 Å². The Morgan fingerprint density at radius 1 is 1.38 bits per heavy atom. The summed E-state index contributed by atoms with van der Waals surface area (Å²) in [6.45, 7) is -0.748. The number of nitrogens with two attached hydrogens (primary N) is 1. The highest BCUT2D eigenvalue weighted by Gasteiger charge is 2.54. The number of rotatable bonds is 8. The minimum absolute atomic E-state index is 0.0751. The van der Waals surface area contributed by atoms with Gasteiger partial charge in [-0.25, -0.2) is 10.1 Å². The zero-order valence-corrected chi connectivity index (χ0v) is 23.7. The fourth-order valence-electron chi connectivity index (χ4n) is 4.65. The molecule has 40 heavy (non-hydrogen) atoms. The van der Waals surface area contributed by atoms with Gasteiger partial charge in [0.15, 0.2) is 17.4 Å². The van der Waals surface area contributed by atoms with E-state index in [0.29, 0.717) is 12.2 Å². The van der Waals surface area contributed by atoms with Gasteiger partial charge in [0.05, 0.1) is 20.0 Å². The SMILES string of the molecule is COc1nc(N)nc2c1ncn2[C@@H]1O[C@H](COP2(=O)NC(C(=O)O[C@@H](C)c3ccccc3)CCS2)[C@@H](O)[C@@]1(C)O. The Labute approximate surface area is 233 Å². The highest BCUT2D eigenvalue weighted by Crippen LogP contribution is 2.59. The number of nitrogens with one attached hydrogen (secondary N) is 1. The third-order valence-corrected chi connectivity index (χ3v) is 10.9. The first-order valence-electron chi connectivity index (χ1n) is 12.5. The molecule has 0 aliphatic carbocycles. The summed E-state index contributed by atoms with van der Waals surface area (Å²) in [6.07, 6.45) is -2.35. The fraction of sp³-hybridized carbons (Fsp3) is 0.500. The van der Waals surface area contributed by atoms with Crippen LogP contribution >= 0.6 is 18.1 Å². The van der Waals surface area contributed by atoms with Gasteiger partial charge < -0.3 is 34.7 Å². The Balaban J connectivity index is 1.25. The zero-order chi connectivity index (χ0) is 28.7. The lowest BCUT2D eigenvalue weighted by Gasteiger charge is -2.30. The van der Waals surface area contributed by atoms with Gasteiger partial charge in [-0.2, -0.15) is 9.97 Å². The number of aliphatic hydroxyl groups is 2. The van der Waals surface area contributed by atoms with E-state index < -0.39 is 48.9 Å². The predicted octanol–water partition coefficient (Wildman–Crippen LogP) is 1.95. The Morgan fingerprint density at radius 3 is 2.85 bits per heavy atom. The van der Waals surface area contributed by atoms with E-state index in [9.17, 15) is 19.6 Å². The number of carbonyl (C=O) groups is 1. The quantitative estimate of drug-likeness (QED) is 0.218. The van der Waals surface area contributed by atoms with E-state index in [4.69, 9.17) is 24.5 Å². The molecule has 1 aromatic carbocycles. The summed E-state index contributed by atoms with van der Waals surface area (Å²) >= 11 is 1.05. The Bertz CT molecular complexity index is 1430. The first-order chi connectivity index (χ1) is 19.0. The van der Waals surface area contributed by atoms with E-state index in [-0.39, 0.29) is 29.6 Å². The number of imidazole rings is 1. The molecular formula is C24H31N6O8PS. The Kier molecular flexibility index (Phi) is 8.08. The number of hydrogen-bond donors (Lipinski definition) is 4. The molecule has 2 fully saturated rings. The number of ether oxygens (including phenoxy) is 3. The maximum Gasteiger partial charge on any atom is 0.327 e. The molecular weight excluding hydrogens is 563 g/mol. The second-order valence-electron chi connectivity index (χ2n) is 9.70. The monoisotopic (exact) mass is 594 g/mol. The molecule has 14 nitrogen and oxygen atoms in total. The smallest absolute Gasteiger partial charge is 0.327 e. The number of nitrogen functional groups attached to an aromatic ring is 1. The number of fused-ring (bicyclic) bond motifs is 1. The summed E-state index contributed by atoms with van der Waals surface area (Å²) in [7, 11) is 1.41. The molecule has 2 aromatic heterocycles. The molecule has 2 aliphatic rings. The topological polar surface area (TPSA) is 193 Å². The molecule has 0 saturated carbocycles. The van der Waals surface area contributed by atoms with Gasteiger partial charge in [0.2, 0.25) is 11.8 Å². The van der Waals surface area contributed by atoms with Crippen molar-refractivity contribution in [3.8, 4) is 5.88 Å². The number of aliphatic hydroxyl groups excluding tert-OH is 1. The standard InChI is InChI=1S/C24H31N6O8PS/c1-13(14-7-5-4-6-8-14)37-21(32)15-9-10-40-39(34,29-15)36-11-16-18(31)24(2,33)22(38-16)30-12-26-17-19(30)27-23(25)28-20(17)35-3/h4-8,12-13,15-16,18,22,31,33H,9-11H2,1-3H3,(H,29,34)(H2,25,27,28)/t13-,15?,16+,18+,22+,24+,39?/m0/s1. The summed E-state index contributed by atoms with van der Waals surface area (Å²) in [6, 6.07) is 8.46. The Morgan fingerprint density at radius 2 is 2.12 bits per heavy atom. The number of nitrogens with zero attached hydrogens (tertiary/aromatic N) is 4. The largest absolute Gasteiger partial charge is 0.479 e. The molecule has 0 bridgehead atoms. The van der Waals surface area contributed by atoms with Crippen molar-refractivity contribution >= 4 is 41.2 Å². The van der Waals surface area contributed by atoms with Crippen LogP contribution < -0.4 is 15.6 Å². The molecule has 7 atom stereocenters. The minimum Gasteiger partial charge on any atom is -0.479 e. The summed E-state index contributed by atoms with van der Waals surface area (Å²) in [5.41, 5.74) is 5.34. The summed E-state index contributed by atoms with van der Waals surface area (Å²) in [5.74, 6) is -0.0791. The van der Waals surface area contributed by atoms with Gasteiger partial charge in [-0.15, -0.1) is 0 Å². The molecule has 2 unspecified atom stereocenters. The van der Waals surface area contributed by atoms with Gasteiger partial charge in [0.1, 0.15) is 30.0 Å². The van der Waals surface area contributed by atoms with Gasteiger partial charge in [-0.1, -0.05) is 41.7 Å². The predicted molar refractivity (Wildman–Crippen MR) is 145 cm³/mol. The molecule has 3 aromatic rings. The molecule has 5 N–H and O–H groups in total. The normalized spacial score (nSPS) is 31.2. The number of benzene rings is 1. The van der Waals surface area contributed by atoms with Gasteiger partial charge in [0.25, 0.3) is 0 Å². The number of carbonyl (C=O) groups excluding carboxylic acids is 1. The van der Waals surface area contributed by atoms with Crippen molar-refractivity contribution < 1.29 is 38.3 Å². The maximum atomic E-state index is 13.5. The highest BCUT2D eigenvalue weighted by molar-refractivity contribution is 8.56. The van der Waals surface area contributed by atoms with Crippen LogP contribution in [0.15, 0.2) is 36.7 Å². The second kappa shape index (κ2) is 11.2. The van der Waals surface area contributed by atoms with Gasteiger partial charge in [-0.3, -0.25) is 13.9 Å². The molecule has 2 aliphatic heterocycles. The van der Waals surface area contributed by atoms with Crippen LogP contribution in [0.3, 0.4) is 0 Å². The van der Waals surface area contributed by atoms with Gasteiger partial charge in [-0.05, 0) is 25.8 Å². The van der Waals surface area contributed by atoms with Crippen molar-refractivity contribution in [2.75, 3.05) is 25.2 Å². The lowest BCUT2D eigenvalue weighted by atomic mass is 9.96. The van der Waals surface area contributed by atoms with Crippen molar-refractivity contribution in [1.29, 1.82) is 0 Å². The highest BCUT2D eigenvalue weighted by atomic mass is 32.7. The number of esters is 1. The van der Waals surface area contributed by atoms with E-state index in [1.165, 1.54) is 24.9 Å². The van der Waals surface area contributed by atoms with Crippen molar-refractivity contribution in [2.45, 2.75) is 56.5 Å². The van der Waals surface area contributed by atoms with Crippen LogP contribution in [-0.2, 0) is 23.4 Å². The summed E-state index contributed by atoms with van der Waals surface area (Å²) in [4.78, 5) is 25.2. The number of aromatic nitrogens is 4. The summed E-state index contributed by atoms with van der Waals surface area (Å²) < 4.78 is 37.4. The minimum atomic E-state index is -3.58. The lowest BCUT2D eigenvalue weighted by Crippen LogP contribution is -2.44. The molecule has 4 heterocycles. The third kappa shape index (κ3) is 5.55. The van der Waals surface area contributed by atoms with Crippen LogP contribution in [0.5, 0.6) is 5.88 Å². The molecule has 5 rings (SSSR count). The maximum absolute atomic E-state index is 13.5. The van der Waals surface area contributed by atoms with Crippen molar-refractivity contribution in [3.05, 3.63) is 42.2 Å². The molecule has 0 radical (unpaired) electrons. The molecule has 16 heteroatoms. The molecule has 0 amide bonds. The summed E-state index contributed by atoms with van der Waals surface area (Å²) in [5, 5.41) is 24.9. The fourth-order valence-corrected chi connectivity index (χ4v) is 8.46. The first kappa shape index (κ1) is 28.7.